The lowest BCUT2D eigenvalue weighted by atomic mass is 10.1. The molecule has 1 aliphatic rings. The van der Waals surface area contributed by atoms with Crippen LogP contribution >= 0.6 is 0 Å². The molecule has 9 heteroatoms. The van der Waals surface area contributed by atoms with Crippen molar-refractivity contribution in [3.8, 4) is 0 Å². The van der Waals surface area contributed by atoms with E-state index in [9.17, 15) is 22.8 Å². The molecule has 30 heavy (non-hydrogen) atoms. The minimum atomic E-state index is -4.34. The van der Waals surface area contributed by atoms with E-state index < -0.39 is 29.5 Å². The van der Waals surface area contributed by atoms with Crippen LogP contribution in [0.5, 0.6) is 0 Å². The lowest BCUT2D eigenvalue weighted by Crippen LogP contribution is -2.49. The number of alkyl halides is 3. The fraction of sp³-hybridized carbons (Fsp3) is 0.619. The molecule has 1 aromatic carbocycles. The molecule has 1 fully saturated rings. The number of carbonyl (C=O) groups excluding carboxylic acids is 2. The maximum Gasteiger partial charge on any atom is 0.416 e. The van der Waals surface area contributed by atoms with Crippen LogP contribution in [-0.2, 0) is 22.3 Å². The van der Waals surface area contributed by atoms with Crippen molar-refractivity contribution in [2.24, 2.45) is 0 Å². The van der Waals surface area contributed by atoms with E-state index in [2.05, 4.69) is 10.2 Å². The standard InChI is InChI=1S/C21H30F3N3O3/c1-15(25-19(29)30-20(2,3)4)18(28)27-11-5-10-26(12-13-27)14-16-6-8-17(9-7-16)21(22,23)24/h6-9,15H,5,10-14H2,1-4H3,(H,25,29). The van der Waals surface area contributed by atoms with Crippen LogP contribution in [0.15, 0.2) is 24.3 Å². The number of amides is 2. The lowest BCUT2D eigenvalue weighted by Gasteiger charge is -2.26. The van der Waals surface area contributed by atoms with Crippen LogP contribution in [-0.4, -0.2) is 59.6 Å². The van der Waals surface area contributed by atoms with Crippen molar-refractivity contribution in [2.75, 3.05) is 26.2 Å². The number of halogens is 3. The smallest absolute Gasteiger partial charge is 0.416 e. The summed E-state index contributed by atoms with van der Waals surface area (Å²) < 4.78 is 43.3. The van der Waals surface area contributed by atoms with Crippen LogP contribution in [0.4, 0.5) is 18.0 Å². The van der Waals surface area contributed by atoms with Gasteiger partial charge in [-0.25, -0.2) is 4.79 Å². The van der Waals surface area contributed by atoms with Gasteiger partial charge in [-0.15, -0.1) is 0 Å². The third kappa shape index (κ3) is 7.51. The summed E-state index contributed by atoms with van der Waals surface area (Å²) >= 11 is 0. The van der Waals surface area contributed by atoms with Crippen molar-refractivity contribution in [3.63, 3.8) is 0 Å². The molecule has 0 aliphatic carbocycles. The van der Waals surface area contributed by atoms with Crippen LogP contribution in [0.1, 0.15) is 45.2 Å². The minimum absolute atomic E-state index is 0.183. The Morgan fingerprint density at radius 3 is 2.27 bits per heavy atom. The van der Waals surface area contributed by atoms with Crippen LogP contribution in [0.25, 0.3) is 0 Å². The molecular formula is C21H30F3N3O3. The van der Waals surface area contributed by atoms with E-state index in [1.807, 2.05) is 0 Å². The zero-order valence-electron chi connectivity index (χ0n) is 17.9. The van der Waals surface area contributed by atoms with Crippen molar-refractivity contribution < 1.29 is 27.5 Å². The Balaban J connectivity index is 1.86. The molecule has 1 N–H and O–H groups in total. The van der Waals surface area contributed by atoms with Crippen molar-refractivity contribution >= 4 is 12.0 Å². The Morgan fingerprint density at radius 1 is 1.07 bits per heavy atom. The molecule has 0 bridgehead atoms. The first-order valence-corrected chi connectivity index (χ1v) is 10.0. The summed E-state index contributed by atoms with van der Waals surface area (Å²) in [6.07, 6.45) is -4.24. The van der Waals surface area contributed by atoms with E-state index in [0.29, 0.717) is 26.2 Å². The van der Waals surface area contributed by atoms with Gasteiger partial charge >= 0.3 is 12.3 Å². The molecule has 1 aliphatic heterocycles. The highest BCUT2D eigenvalue weighted by Gasteiger charge is 2.30. The number of hydrogen-bond donors (Lipinski definition) is 1. The van der Waals surface area contributed by atoms with Crippen molar-refractivity contribution in [3.05, 3.63) is 35.4 Å². The number of benzene rings is 1. The average Bonchev–Trinajstić information content (AvgIpc) is 2.84. The first kappa shape index (κ1) is 24.0. The number of nitrogens with zero attached hydrogens (tertiary/aromatic N) is 2. The summed E-state index contributed by atoms with van der Waals surface area (Å²) in [6, 6.07) is 4.45. The number of nitrogens with one attached hydrogen (secondary N) is 1. The molecule has 0 spiro atoms. The molecular weight excluding hydrogens is 399 g/mol. The highest BCUT2D eigenvalue weighted by Crippen LogP contribution is 2.29. The molecule has 2 rings (SSSR count). The summed E-state index contributed by atoms with van der Waals surface area (Å²) in [5.41, 5.74) is -0.512. The monoisotopic (exact) mass is 429 g/mol. The normalized spacial score (nSPS) is 17.2. The largest absolute Gasteiger partial charge is 0.444 e. The van der Waals surface area contributed by atoms with E-state index >= 15 is 0 Å². The number of carbonyl (C=O) groups is 2. The zero-order valence-corrected chi connectivity index (χ0v) is 17.9. The predicted octanol–water partition coefficient (Wildman–Crippen LogP) is 3.65. The Hall–Kier alpha value is -2.29. The molecule has 1 saturated heterocycles. The van der Waals surface area contributed by atoms with E-state index in [1.54, 1.807) is 32.6 Å². The fourth-order valence-corrected chi connectivity index (χ4v) is 3.23. The highest BCUT2D eigenvalue weighted by molar-refractivity contribution is 5.85. The van der Waals surface area contributed by atoms with Crippen LogP contribution in [0.3, 0.4) is 0 Å². The van der Waals surface area contributed by atoms with Crippen LogP contribution in [0.2, 0.25) is 0 Å². The van der Waals surface area contributed by atoms with Gasteiger partial charge < -0.3 is 15.0 Å². The number of rotatable bonds is 4. The third-order valence-corrected chi connectivity index (χ3v) is 4.69. The van der Waals surface area contributed by atoms with Crippen LogP contribution < -0.4 is 5.32 Å². The molecule has 1 atom stereocenters. The van der Waals surface area contributed by atoms with E-state index in [1.165, 1.54) is 12.1 Å². The maximum absolute atomic E-state index is 12.7. The third-order valence-electron chi connectivity index (χ3n) is 4.69. The van der Waals surface area contributed by atoms with Gasteiger partial charge in [-0.3, -0.25) is 9.69 Å². The predicted molar refractivity (Wildman–Crippen MR) is 107 cm³/mol. The van der Waals surface area contributed by atoms with Gasteiger partial charge in [-0.1, -0.05) is 12.1 Å². The first-order valence-electron chi connectivity index (χ1n) is 10.0. The summed E-state index contributed by atoms with van der Waals surface area (Å²) in [7, 11) is 0. The second-order valence-electron chi connectivity index (χ2n) is 8.52. The minimum Gasteiger partial charge on any atom is -0.444 e. The topological polar surface area (TPSA) is 61.9 Å². The fourth-order valence-electron chi connectivity index (χ4n) is 3.23. The Morgan fingerprint density at radius 2 is 1.70 bits per heavy atom. The van der Waals surface area contributed by atoms with E-state index in [4.69, 9.17) is 4.74 Å². The second kappa shape index (κ2) is 9.68. The van der Waals surface area contributed by atoms with Crippen LogP contribution in [0, 0.1) is 0 Å². The van der Waals surface area contributed by atoms with Gasteiger partial charge in [0, 0.05) is 32.7 Å². The van der Waals surface area contributed by atoms with Gasteiger partial charge in [-0.2, -0.15) is 13.2 Å². The summed E-state index contributed by atoms with van der Waals surface area (Å²) in [5, 5.41) is 2.56. The van der Waals surface area contributed by atoms with Gasteiger partial charge in [0.05, 0.1) is 5.56 Å². The maximum atomic E-state index is 12.7. The Kier molecular flexibility index (Phi) is 7.74. The van der Waals surface area contributed by atoms with Crippen molar-refractivity contribution in [1.82, 2.24) is 15.1 Å². The molecule has 1 unspecified atom stereocenters. The SMILES string of the molecule is CC(NC(=O)OC(C)(C)C)C(=O)N1CCCN(Cc2ccc(C(F)(F)F)cc2)CC1. The highest BCUT2D eigenvalue weighted by atomic mass is 19.4. The second-order valence-corrected chi connectivity index (χ2v) is 8.52. The molecule has 2 amide bonds. The van der Waals surface area contributed by atoms with Gasteiger partial charge in [0.25, 0.3) is 0 Å². The molecule has 1 heterocycles. The van der Waals surface area contributed by atoms with E-state index in [0.717, 1.165) is 30.7 Å². The van der Waals surface area contributed by atoms with E-state index in [-0.39, 0.29) is 5.91 Å². The number of ether oxygens (including phenoxy) is 1. The van der Waals surface area contributed by atoms with Gasteiger partial charge in [0.2, 0.25) is 5.91 Å². The average molecular weight is 429 g/mol. The van der Waals surface area contributed by atoms with Crippen molar-refractivity contribution in [2.45, 2.75) is 58.5 Å². The quantitative estimate of drug-likeness (QED) is 0.794. The summed E-state index contributed by atoms with van der Waals surface area (Å²) in [4.78, 5) is 28.4. The Bertz CT molecular complexity index is 730. The molecule has 0 aromatic heterocycles. The van der Waals surface area contributed by atoms with Gasteiger partial charge in [0.15, 0.2) is 0 Å². The lowest BCUT2D eigenvalue weighted by molar-refractivity contribution is -0.137. The Labute approximate surface area is 175 Å². The molecule has 168 valence electrons. The molecule has 1 aromatic rings. The summed E-state index contributed by atoms with van der Waals surface area (Å²) in [6.45, 7) is 9.77. The summed E-state index contributed by atoms with van der Waals surface area (Å²) in [5.74, 6) is -0.183. The molecule has 0 saturated carbocycles. The number of hydrogen-bond acceptors (Lipinski definition) is 4. The molecule has 0 radical (unpaired) electrons. The first-order chi connectivity index (χ1) is 13.8. The molecule has 6 nitrogen and oxygen atoms in total. The number of alkyl carbamates (subject to hydrolysis) is 1. The zero-order chi connectivity index (χ0) is 22.5. The van der Waals surface area contributed by atoms with Gasteiger partial charge in [-0.05, 0) is 51.8 Å². The van der Waals surface area contributed by atoms with Crippen molar-refractivity contribution in [1.29, 1.82) is 0 Å². The van der Waals surface area contributed by atoms with Gasteiger partial charge in [0.1, 0.15) is 11.6 Å².